The highest BCUT2D eigenvalue weighted by Crippen LogP contribution is 2.25. The monoisotopic (exact) mass is 222 g/mol. The lowest BCUT2D eigenvalue weighted by molar-refractivity contribution is -0.124. The first-order valence-corrected chi connectivity index (χ1v) is 5.24. The first kappa shape index (κ1) is 12.5. The number of amides is 1. The van der Waals surface area contributed by atoms with Crippen LogP contribution < -0.4 is 16.2 Å². The number of carbonyl (C=O) groups is 1. The van der Waals surface area contributed by atoms with E-state index in [9.17, 15) is 4.79 Å². The van der Waals surface area contributed by atoms with E-state index in [0.29, 0.717) is 5.75 Å². The molecule has 0 bridgehead atoms. The van der Waals surface area contributed by atoms with Crippen LogP contribution in [0.1, 0.15) is 31.0 Å². The van der Waals surface area contributed by atoms with Gasteiger partial charge in [0.15, 0.2) is 6.10 Å². The van der Waals surface area contributed by atoms with E-state index < -0.39 is 12.0 Å². The van der Waals surface area contributed by atoms with Crippen molar-refractivity contribution in [2.75, 3.05) is 0 Å². The Hall–Kier alpha value is -1.55. The van der Waals surface area contributed by atoms with Crippen LogP contribution in [0.5, 0.6) is 5.75 Å². The van der Waals surface area contributed by atoms with E-state index in [1.165, 1.54) is 0 Å². The van der Waals surface area contributed by atoms with Gasteiger partial charge in [-0.25, -0.2) is 0 Å². The second-order valence-corrected chi connectivity index (χ2v) is 3.99. The first-order chi connectivity index (χ1) is 7.41. The first-order valence-electron chi connectivity index (χ1n) is 5.24. The van der Waals surface area contributed by atoms with Gasteiger partial charge in [0.1, 0.15) is 5.75 Å². The molecule has 0 aromatic heterocycles. The van der Waals surface area contributed by atoms with Gasteiger partial charge in [-0.3, -0.25) is 4.79 Å². The third-order valence-electron chi connectivity index (χ3n) is 2.36. The number of primary amides is 1. The van der Waals surface area contributed by atoms with Crippen LogP contribution in [0.25, 0.3) is 0 Å². The van der Waals surface area contributed by atoms with Crippen LogP contribution in [0.15, 0.2) is 18.2 Å². The number of nitrogens with two attached hydrogens (primary N) is 2. The van der Waals surface area contributed by atoms with Gasteiger partial charge in [0.25, 0.3) is 5.91 Å². The molecule has 1 amide bonds. The maximum atomic E-state index is 10.9. The summed E-state index contributed by atoms with van der Waals surface area (Å²) < 4.78 is 5.47. The summed E-state index contributed by atoms with van der Waals surface area (Å²) in [5.74, 6) is 0.128. The van der Waals surface area contributed by atoms with Crippen molar-refractivity contribution in [3.8, 4) is 5.75 Å². The predicted molar refractivity (Wildman–Crippen MR) is 63.1 cm³/mol. The average molecular weight is 222 g/mol. The van der Waals surface area contributed by atoms with Crippen molar-refractivity contribution in [2.45, 2.75) is 32.9 Å². The van der Waals surface area contributed by atoms with Crippen LogP contribution in [-0.2, 0) is 4.79 Å². The standard InChI is InChI=1S/C12H18N2O2/c1-7-4-5-11(10(6-7)8(2)13)16-9(3)12(14)15/h4-6,8-9H,13H2,1-3H3,(H2,14,15). The lowest BCUT2D eigenvalue weighted by Gasteiger charge is -2.17. The van der Waals surface area contributed by atoms with Crippen LogP contribution in [0.4, 0.5) is 0 Å². The smallest absolute Gasteiger partial charge is 0.258 e. The van der Waals surface area contributed by atoms with Gasteiger partial charge in [0.05, 0.1) is 0 Å². The lowest BCUT2D eigenvalue weighted by atomic mass is 10.1. The van der Waals surface area contributed by atoms with E-state index in [1.54, 1.807) is 6.92 Å². The highest BCUT2D eigenvalue weighted by atomic mass is 16.5. The molecule has 2 atom stereocenters. The second-order valence-electron chi connectivity index (χ2n) is 3.99. The lowest BCUT2D eigenvalue weighted by Crippen LogP contribution is -2.31. The maximum absolute atomic E-state index is 10.9. The van der Waals surface area contributed by atoms with Crippen molar-refractivity contribution in [3.05, 3.63) is 29.3 Å². The molecule has 0 aliphatic heterocycles. The summed E-state index contributed by atoms with van der Waals surface area (Å²) in [5.41, 5.74) is 13.0. The van der Waals surface area contributed by atoms with Crippen LogP contribution in [0.3, 0.4) is 0 Å². The Kier molecular flexibility index (Phi) is 3.90. The summed E-state index contributed by atoms with van der Waals surface area (Å²) in [7, 11) is 0. The summed E-state index contributed by atoms with van der Waals surface area (Å²) >= 11 is 0. The number of hydrogen-bond acceptors (Lipinski definition) is 3. The number of carbonyl (C=O) groups excluding carboxylic acids is 1. The van der Waals surface area contributed by atoms with Crippen molar-refractivity contribution in [1.29, 1.82) is 0 Å². The van der Waals surface area contributed by atoms with Crippen LogP contribution in [0.2, 0.25) is 0 Å². The number of rotatable bonds is 4. The largest absolute Gasteiger partial charge is 0.481 e. The molecule has 0 aliphatic rings. The SMILES string of the molecule is Cc1ccc(OC(C)C(N)=O)c(C(C)N)c1. The zero-order valence-electron chi connectivity index (χ0n) is 9.86. The molecule has 1 aromatic carbocycles. The van der Waals surface area contributed by atoms with Crippen LogP contribution in [0, 0.1) is 6.92 Å². The van der Waals surface area contributed by atoms with Crippen molar-refractivity contribution in [1.82, 2.24) is 0 Å². The van der Waals surface area contributed by atoms with Gasteiger partial charge in [-0.05, 0) is 26.8 Å². The minimum atomic E-state index is -0.653. The summed E-state index contributed by atoms with van der Waals surface area (Å²) in [6.45, 7) is 5.47. The quantitative estimate of drug-likeness (QED) is 0.805. The average Bonchev–Trinajstić information content (AvgIpc) is 2.20. The molecule has 2 unspecified atom stereocenters. The molecule has 0 saturated carbocycles. The highest BCUT2D eigenvalue weighted by Gasteiger charge is 2.14. The predicted octanol–water partition coefficient (Wildman–Crippen LogP) is 1.27. The highest BCUT2D eigenvalue weighted by molar-refractivity contribution is 5.78. The number of benzene rings is 1. The fourth-order valence-corrected chi connectivity index (χ4v) is 1.38. The van der Waals surface area contributed by atoms with E-state index in [0.717, 1.165) is 11.1 Å². The molecule has 0 aliphatic carbocycles. The topological polar surface area (TPSA) is 78.3 Å². The molecule has 1 rings (SSSR count). The van der Waals surface area contributed by atoms with E-state index in [2.05, 4.69) is 0 Å². The molecular formula is C12H18N2O2. The Morgan fingerprint density at radius 3 is 2.50 bits per heavy atom. The molecule has 4 heteroatoms. The Morgan fingerprint density at radius 2 is 2.00 bits per heavy atom. The molecule has 1 aromatic rings. The van der Waals surface area contributed by atoms with E-state index in [4.69, 9.17) is 16.2 Å². The normalized spacial score (nSPS) is 14.2. The molecule has 0 radical (unpaired) electrons. The summed E-state index contributed by atoms with van der Waals surface area (Å²) in [6.07, 6.45) is -0.653. The van der Waals surface area contributed by atoms with Crippen LogP contribution >= 0.6 is 0 Å². The van der Waals surface area contributed by atoms with Crippen molar-refractivity contribution in [3.63, 3.8) is 0 Å². The molecule has 0 heterocycles. The van der Waals surface area contributed by atoms with Gasteiger partial charge in [-0.2, -0.15) is 0 Å². The second kappa shape index (κ2) is 4.99. The van der Waals surface area contributed by atoms with Gasteiger partial charge >= 0.3 is 0 Å². The molecular weight excluding hydrogens is 204 g/mol. The summed E-state index contributed by atoms with van der Waals surface area (Å²) in [5, 5.41) is 0. The zero-order valence-corrected chi connectivity index (χ0v) is 9.86. The third kappa shape index (κ3) is 2.97. The summed E-state index contributed by atoms with van der Waals surface area (Å²) in [6, 6.07) is 5.53. The number of ether oxygens (including phenoxy) is 1. The Balaban J connectivity index is 2.99. The minimum Gasteiger partial charge on any atom is -0.481 e. The summed E-state index contributed by atoms with van der Waals surface area (Å²) in [4.78, 5) is 10.9. The Bertz CT molecular complexity index is 389. The molecule has 0 saturated heterocycles. The zero-order chi connectivity index (χ0) is 12.3. The van der Waals surface area contributed by atoms with E-state index in [-0.39, 0.29) is 6.04 Å². The maximum Gasteiger partial charge on any atom is 0.258 e. The van der Waals surface area contributed by atoms with Gasteiger partial charge < -0.3 is 16.2 Å². The van der Waals surface area contributed by atoms with Crippen molar-refractivity contribution < 1.29 is 9.53 Å². The molecule has 4 nitrogen and oxygen atoms in total. The van der Waals surface area contributed by atoms with Gasteiger partial charge in [-0.15, -0.1) is 0 Å². The van der Waals surface area contributed by atoms with Gasteiger partial charge in [0, 0.05) is 11.6 Å². The molecule has 88 valence electrons. The Labute approximate surface area is 95.6 Å². The number of aryl methyl sites for hydroxylation is 1. The van der Waals surface area contributed by atoms with Crippen LogP contribution in [-0.4, -0.2) is 12.0 Å². The fourth-order valence-electron chi connectivity index (χ4n) is 1.38. The van der Waals surface area contributed by atoms with Gasteiger partial charge in [0.2, 0.25) is 0 Å². The minimum absolute atomic E-state index is 0.144. The molecule has 0 fully saturated rings. The molecule has 0 spiro atoms. The number of hydrogen-bond donors (Lipinski definition) is 2. The Morgan fingerprint density at radius 1 is 1.38 bits per heavy atom. The van der Waals surface area contributed by atoms with E-state index in [1.807, 2.05) is 32.0 Å². The molecule has 16 heavy (non-hydrogen) atoms. The van der Waals surface area contributed by atoms with E-state index >= 15 is 0 Å². The molecule has 4 N–H and O–H groups in total. The fraction of sp³-hybridized carbons (Fsp3) is 0.417. The third-order valence-corrected chi connectivity index (χ3v) is 2.36. The van der Waals surface area contributed by atoms with Crippen molar-refractivity contribution in [2.24, 2.45) is 11.5 Å². The van der Waals surface area contributed by atoms with Crippen molar-refractivity contribution >= 4 is 5.91 Å². The van der Waals surface area contributed by atoms with Gasteiger partial charge in [-0.1, -0.05) is 17.7 Å².